The third-order valence-electron chi connectivity index (χ3n) is 7.45. The Labute approximate surface area is 245 Å². The van der Waals surface area contributed by atoms with Crippen molar-refractivity contribution in [3.8, 4) is 24.0 Å². The highest BCUT2D eigenvalue weighted by molar-refractivity contribution is 8.00. The normalized spacial score (nSPS) is 17.3. The van der Waals surface area contributed by atoms with Crippen molar-refractivity contribution in [2.75, 3.05) is 10.6 Å². The summed E-state index contributed by atoms with van der Waals surface area (Å²) in [5.41, 5.74) is 9.47. The van der Waals surface area contributed by atoms with Crippen LogP contribution in [0.15, 0.2) is 24.3 Å². The highest BCUT2D eigenvalue weighted by Gasteiger charge is 2.36. The van der Waals surface area contributed by atoms with Gasteiger partial charge in [0.2, 0.25) is 0 Å². The molecule has 1 aliphatic carbocycles. The number of hydrogen-bond acceptors (Lipinski definition) is 4. The maximum Gasteiger partial charge on any atom is 0.307 e. The van der Waals surface area contributed by atoms with Crippen LogP contribution in [0.4, 0.5) is 10.1 Å². The Morgan fingerprint density at radius 3 is 2.25 bits per heavy atom. The number of aliphatic carboxylic acids is 1. The summed E-state index contributed by atoms with van der Waals surface area (Å²) < 4.78 is 16.6. The van der Waals surface area contributed by atoms with Crippen LogP contribution in [0.3, 0.4) is 0 Å². The smallest absolute Gasteiger partial charge is 0.307 e. The maximum atomic E-state index is 14.3. The van der Waals surface area contributed by atoms with E-state index in [-0.39, 0.29) is 23.7 Å². The Morgan fingerprint density at radius 1 is 1.18 bits per heavy atom. The van der Waals surface area contributed by atoms with Crippen LogP contribution in [0.1, 0.15) is 101 Å². The van der Waals surface area contributed by atoms with Gasteiger partial charge in [0.1, 0.15) is 5.82 Å². The zero-order valence-electron chi connectivity index (χ0n) is 25.6. The van der Waals surface area contributed by atoms with Crippen LogP contribution in [0.25, 0.3) is 16.7 Å². The van der Waals surface area contributed by atoms with Gasteiger partial charge in [0.15, 0.2) is 0 Å². The molecule has 0 radical (unpaired) electrons. The SMILES string of the molecule is C#C.CC(C)(C)O.CC[C@@H]1c2cc(F)ccc2-c2c(C)c(C3=CCC(C)(C)CC3)c(CC(=O)O)c(C)c2N1SC. The Kier molecular flexibility index (Phi) is 11.1. The number of nitrogens with zero attached hydrogens (tertiary/aromatic N) is 1. The molecule has 0 saturated carbocycles. The lowest BCUT2D eigenvalue weighted by Crippen LogP contribution is -2.28. The van der Waals surface area contributed by atoms with Crippen LogP contribution in [0.5, 0.6) is 0 Å². The van der Waals surface area contributed by atoms with Crippen molar-refractivity contribution >= 4 is 29.2 Å². The molecular weight excluding hydrogens is 521 g/mol. The summed E-state index contributed by atoms with van der Waals surface area (Å²) in [5, 5.41) is 18.3. The van der Waals surface area contributed by atoms with E-state index in [1.54, 1.807) is 44.9 Å². The number of allylic oxidation sites excluding steroid dienone is 2. The first-order chi connectivity index (χ1) is 18.6. The predicted octanol–water partition coefficient (Wildman–Crippen LogP) is 8.91. The molecule has 0 saturated heterocycles. The highest BCUT2D eigenvalue weighted by atomic mass is 32.2. The molecule has 0 spiro atoms. The number of hydrogen-bond donors (Lipinski definition) is 2. The topological polar surface area (TPSA) is 60.8 Å². The summed E-state index contributed by atoms with van der Waals surface area (Å²) >= 11 is 1.63. The van der Waals surface area contributed by atoms with Gasteiger partial charge in [-0.2, -0.15) is 0 Å². The lowest BCUT2D eigenvalue weighted by Gasteiger charge is -2.41. The third-order valence-corrected chi connectivity index (χ3v) is 8.28. The zero-order chi connectivity index (χ0) is 30.6. The van der Waals surface area contributed by atoms with E-state index in [0.717, 1.165) is 70.3 Å². The quantitative estimate of drug-likeness (QED) is 0.279. The average Bonchev–Trinajstić information content (AvgIpc) is 2.86. The van der Waals surface area contributed by atoms with Gasteiger partial charge in [0, 0.05) is 11.8 Å². The second-order valence-electron chi connectivity index (χ2n) is 12.3. The van der Waals surface area contributed by atoms with E-state index < -0.39 is 11.6 Å². The van der Waals surface area contributed by atoms with Gasteiger partial charge < -0.3 is 14.5 Å². The van der Waals surface area contributed by atoms with Crippen LogP contribution < -0.4 is 4.31 Å². The molecule has 40 heavy (non-hydrogen) atoms. The van der Waals surface area contributed by atoms with Crippen LogP contribution in [-0.4, -0.2) is 28.0 Å². The second-order valence-corrected chi connectivity index (χ2v) is 13.1. The van der Waals surface area contributed by atoms with Crippen LogP contribution >= 0.6 is 11.9 Å². The van der Waals surface area contributed by atoms with Crippen molar-refractivity contribution in [2.45, 2.75) is 99.1 Å². The molecule has 2 aromatic carbocycles. The molecule has 4 rings (SSSR count). The van der Waals surface area contributed by atoms with Crippen molar-refractivity contribution in [2.24, 2.45) is 5.41 Å². The molecule has 1 atom stereocenters. The van der Waals surface area contributed by atoms with Crippen molar-refractivity contribution in [3.05, 3.63) is 57.9 Å². The number of benzene rings is 2. The summed E-state index contributed by atoms with van der Waals surface area (Å²) in [6, 6.07) is 5.17. The third kappa shape index (κ3) is 7.50. The maximum absolute atomic E-state index is 14.3. The second kappa shape index (κ2) is 13.3. The van der Waals surface area contributed by atoms with Gasteiger partial charge in [-0.1, -0.05) is 44.9 Å². The van der Waals surface area contributed by atoms with E-state index in [4.69, 9.17) is 5.11 Å². The molecule has 2 aliphatic rings. The largest absolute Gasteiger partial charge is 0.481 e. The number of aliphatic hydroxyl groups is 1. The fourth-order valence-corrected chi connectivity index (χ4v) is 6.61. The monoisotopic (exact) mass is 567 g/mol. The van der Waals surface area contributed by atoms with E-state index in [1.807, 2.05) is 12.3 Å². The average molecular weight is 568 g/mol. The molecule has 0 bridgehead atoms. The Balaban J connectivity index is 0.000000722. The molecular formula is C34H46FNO3S. The molecule has 2 aromatic rings. The lowest BCUT2D eigenvalue weighted by molar-refractivity contribution is -0.136. The standard InChI is InChI=1S/C28H34FNO2S.C4H10O.C2H2/c1-7-23-22-14-19(29)8-9-20(22)26-17(3)25(18-10-12-28(4,5)13-11-18)21(15-24(31)32)16(2)27(26)30(23)33-6;1-4(2,3)5;1-2/h8-10,14,23H,7,11-13,15H2,1-6H3,(H,31,32);5H,1-3H3;1-2H/t23-;;/m1../s1. The number of carbonyl (C=O) groups is 1. The van der Waals surface area contributed by atoms with E-state index in [1.165, 1.54) is 5.57 Å². The highest BCUT2D eigenvalue weighted by Crippen LogP contribution is 2.54. The molecule has 6 heteroatoms. The fourth-order valence-electron chi connectivity index (χ4n) is 5.69. The van der Waals surface area contributed by atoms with Gasteiger partial charge >= 0.3 is 5.97 Å². The number of halogens is 1. The van der Waals surface area contributed by atoms with Crippen LogP contribution in [0, 0.1) is 37.9 Å². The first-order valence-electron chi connectivity index (χ1n) is 13.9. The molecule has 4 nitrogen and oxygen atoms in total. The van der Waals surface area contributed by atoms with Gasteiger partial charge in [-0.3, -0.25) is 4.79 Å². The number of terminal acetylenes is 1. The Bertz CT molecular complexity index is 1280. The van der Waals surface area contributed by atoms with Crippen molar-refractivity contribution in [3.63, 3.8) is 0 Å². The van der Waals surface area contributed by atoms with Gasteiger partial charge in [-0.15, -0.1) is 12.8 Å². The number of carboxylic acid groups (broad SMARTS) is 1. The Hall–Kier alpha value is -2.75. The lowest BCUT2D eigenvalue weighted by atomic mass is 9.73. The number of anilines is 1. The fraction of sp³-hybridized carbons (Fsp3) is 0.500. The minimum absolute atomic E-state index is 0.00526. The van der Waals surface area contributed by atoms with Crippen molar-refractivity contribution in [1.29, 1.82) is 0 Å². The summed E-state index contributed by atoms with van der Waals surface area (Å²) in [6.07, 6.45) is 16.2. The molecule has 1 aliphatic heterocycles. The minimum Gasteiger partial charge on any atom is -0.481 e. The minimum atomic E-state index is -0.809. The summed E-state index contributed by atoms with van der Waals surface area (Å²) in [7, 11) is 0. The zero-order valence-corrected chi connectivity index (χ0v) is 26.4. The van der Waals surface area contributed by atoms with Gasteiger partial charge in [0.25, 0.3) is 0 Å². The number of carboxylic acids is 1. The Morgan fingerprint density at radius 2 is 1.77 bits per heavy atom. The van der Waals surface area contributed by atoms with Gasteiger partial charge in [-0.05, 0) is 117 Å². The number of rotatable bonds is 5. The van der Waals surface area contributed by atoms with Crippen LogP contribution in [-0.2, 0) is 11.2 Å². The molecule has 0 unspecified atom stereocenters. The first kappa shape index (κ1) is 33.5. The number of fused-ring (bicyclic) bond motifs is 3. The molecule has 0 aromatic heterocycles. The summed E-state index contributed by atoms with van der Waals surface area (Å²) in [6.45, 7) is 16.1. The first-order valence-corrected chi connectivity index (χ1v) is 15.0. The molecule has 2 N–H and O–H groups in total. The van der Waals surface area contributed by atoms with Gasteiger partial charge in [0.05, 0.1) is 23.8 Å². The molecule has 0 amide bonds. The molecule has 0 fully saturated rings. The summed E-state index contributed by atoms with van der Waals surface area (Å²) in [4.78, 5) is 12.0. The van der Waals surface area contributed by atoms with Crippen molar-refractivity contribution < 1.29 is 19.4 Å². The van der Waals surface area contributed by atoms with Gasteiger partial charge in [-0.25, -0.2) is 4.39 Å². The summed E-state index contributed by atoms with van der Waals surface area (Å²) in [5.74, 6) is -1.03. The van der Waals surface area contributed by atoms with E-state index >= 15 is 0 Å². The van der Waals surface area contributed by atoms with Crippen LogP contribution in [0.2, 0.25) is 0 Å². The molecule has 1 heterocycles. The molecule has 218 valence electrons. The van der Waals surface area contributed by atoms with E-state index in [0.29, 0.717) is 0 Å². The van der Waals surface area contributed by atoms with E-state index in [9.17, 15) is 14.3 Å². The predicted molar refractivity (Wildman–Crippen MR) is 169 cm³/mol. The van der Waals surface area contributed by atoms with Crippen molar-refractivity contribution in [1.82, 2.24) is 0 Å². The van der Waals surface area contributed by atoms with E-state index in [2.05, 4.69) is 57.8 Å².